The number of nitrogens with one attached hydrogen (secondary N) is 2. The number of thioether (sulfide) groups is 2. The van der Waals surface area contributed by atoms with Crippen molar-refractivity contribution < 1.29 is 29.1 Å². The highest BCUT2D eigenvalue weighted by atomic mass is 32.2. The summed E-state index contributed by atoms with van der Waals surface area (Å²) in [6.07, 6.45) is 3.99. The molecule has 4 rings (SSSR count). The van der Waals surface area contributed by atoms with Crippen molar-refractivity contribution in [1.29, 1.82) is 0 Å². The number of anilines is 1. The zero-order valence-electron chi connectivity index (χ0n) is 20.1. The molecule has 2 atom stereocenters. The van der Waals surface area contributed by atoms with E-state index in [2.05, 4.69) is 25.8 Å². The third-order valence-corrected chi connectivity index (χ3v) is 8.39. The number of carboxylic acid groups (broad SMARTS) is 1. The summed E-state index contributed by atoms with van der Waals surface area (Å²) in [7, 11) is 0. The van der Waals surface area contributed by atoms with Gasteiger partial charge in [0, 0.05) is 27.9 Å². The van der Waals surface area contributed by atoms with E-state index < -0.39 is 29.2 Å². The zero-order chi connectivity index (χ0) is 27.2. The molecule has 0 saturated carbocycles. The fourth-order valence-corrected chi connectivity index (χ4v) is 6.51. The fraction of sp³-hybridized carbons (Fsp3) is 0.261. The number of nitrogens with zero attached hydrogens (tertiary/aromatic N) is 4. The Bertz CT molecular complexity index is 1340. The molecule has 1 unspecified atom stereocenters. The molecule has 15 heteroatoms. The lowest BCUT2D eigenvalue weighted by Gasteiger charge is -2.49. The molecule has 3 N–H and O–H groups in total. The van der Waals surface area contributed by atoms with Gasteiger partial charge in [-0.3, -0.25) is 24.3 Å². The number of oxime groups is 1. The van der Waals surface area contributed by atoms with Crippen LogP contribution in [0.2, 0.25) is 0 Å². The van der Waals surface area contributed by atoms with Gasteiger partial charge in [-0.1, -0.05) is 23.0 Å². The molecule has 0 bridgehead atoms. The third-order valence-electron chi connectivity index (χ3n) is 5.26. The first-order valence-electron chi connectivity index (χ1n) is 11.2. The summed E-state index contributed by atoms with van der Waals surface area (Å²) in [6.45, 7) is 3.77. The van der Waals surface area contributed by atoms with Gasteiger partial charge in [0.25, 0.3) is 11.8 Å². The fourth-order valence-electron chi connectivity index (χ4n) is 3.50. The van der Waals surface area contributed by atoms with Crippen molar-refractivity contribution in [2.45, 2.75) is 25.3 Å². The van der Waals surface area contributed by atoms with E-state index in [9.17, 15) is 24.3 Å². The minimum Gasteiger partial charge on any atom is -0.477 e. The van der Waals surface area contributed by atoms with Crippen LogP contribution in [0.25, 0.3) is 6.08 Å². The van der Waals surface area contributed by atoms with Crippen molar-refractivity contribution in [3.05, 3.63) is 56.7 Å². The van der Waals surface area contributed by atoms with Crippen LogP contribution in [0.5, 0.6) is 0 Å². The maximum Gasteiger partial charge on any atom is 0.353 e. The van der Waals surface area contributed by atoms with Gasteiger partial charge in [0.1, 0.15) is 29.4 Å². The number of fused-ring (bicyclic) bond motifs is 1. The van der Waals surface area contributed by atoms with Crippen LogP contribution in [-0.2, 0) is 24.0 Å². The standard InChI is InChI=1S/C23H22N6O6S3/c1-3-35-28-16(14-9-38-23(26-14)25-11-30)19(31)27-17-20(32)29-18(22(33)34)15(10-37-21(17)29)36-7-6-13-5-4-12(2)24-8-13/h4-9,11,17,21H,3,10H2,1-2H3,(H,27,31)(H,33,34)(H,25,26,30)/t17?,21-/m0/s1. The van der Waals surface area contributed by atoms with Gasteiger partial charge in [0.15, 0.2) is 10.8 Å². The monoisotopic (exact) mass is 574 g/mol. The van der Waals surface area contributed by atoms with Crippen LogP contribution in [0.3, 0.4) is 0 Å². The number of aromatic nitrogens is 2. The third kappa shape index (κ3) is 5.89. The SMILES string of the molecule is CCON=C(C(=O)NC1C(=O)N2C(C(=O)O)=C(SC=Cc3ccc(C)nc3)CS[C@@H]12)c1csc(NC=O)n1. The van der Waals surface area contributed by atoms with Crippen molar-refractivity contribution in [1.82, 2.24) is 20.2 Å². The molecular weight excluding hydrogens is 552 g/mol. The Morgan fingerprint density at radius 2 is 2.21 bits per heavy atom. The molecule has 2 aromatic rings. The van der Waals surface area contributed by atoms with E-state index in [0.29, 0.717) is 17.1 Å². The number of thiazole rings is 1. The van der Waals surface area contributed by atoms with Crippen LogP contribution >= 0.6 is 34.9 Å². The Kier molecular flexibility index (Phi) is 8.81. The van der Waals surface area contributed by atoms with Crippen LogP contribution < -0.4 is 10.6 Å². The van der Waals surface area contributed by atoms with E-state index in [1.54, 1.807) is 18.5 Å². The van der Waals surface area contributed by atoms with E-state index in [1.165, 1.54) is 33.8 Å². The molecule has 0 spiro atoms. The van der Waals surface area contributed by atoms with Gasteiger partial charge >= 0.3 is 5.97 Å². The Labute approximate surface area is 229 Å². The number of aryl methyl sites for hydroxylation is 1. The first-order valence-corrected chi connectivity index (χ1v) is 14.0. The molecule has 4 heterocycles. The Morgan fingerprint density at radius 1 is 1.39 bits per heavy atom. The Balaban J connectivity index is 1.48. The van der Waals surface area contributed by atoms with E-state index >= 15 is 0 Å². The highest BCUT2D eigenvalue weighted by Gasteiger charge is 2.54. The van der Waals surface area contributed by atoms with Gasteiger partial charge in [0.05, 0.1) is 0 Å². The second-order valence-corrected chi connectivity index (χ2v) is 10.7. The average Bonchev–Trinajstić information content (AvgIpc) is 3.36. The molecule has 2 aliphatic rings. The molecule has 2 aliphatic heterocycles. The lowest BCUT2D eigenvalue weighted by atomic mass is 10.0. The Morgan fingerprint density at radius 3 is 2.89 bits per heavy atom. The topological polar surface area (TPSA) is 163 Å². The number of hydrogen-bond acceptors (Lipinski definition) is 11. The highest BCUT2D eigenvalue weighted by Crippen LogP contribution is 2.43. The summed E-state index contributed by atoms with van der Waals surface area (Å²) in [5.41, 5.74) is 1.64. The molecule has 198 valence electrons. The molecule has 3 amide bonds. The number of aliphatic carboxylic acids is 1. The number of amides is 3. The zero-order valence-corrected chi connectivity index (χ0v) is 22.6. The van der Waals surface area contributed by atoms with E-state index in [1.807, 2.05) is 25.1 Å². The van der Waals surface area contributed by atoms with Crippen molar-refractivity contribution in [2.75, 3.05) is 17.7 Å². The van der Waals surface area contributed by atoms with E-state index in [4.69, 9.17) is 4.84 Å². The summed E-state index contributed by atoms with van der Waals surface area (Å²) >= 11 is 3.66. The average molecular weight is 575 g/mol. The molecular formula is C23H22N6O6S3. The molecule has 2 aromatic heterocycles. The quantitative estimate of drug-likeness (QED) is 0.157. The number of pyridine rings is 1. The van der Waals surface area contributed by atoms with Crippen LogP contribution in [0.15, 0.2) is 44.9 Å². The van der Waals surface area contributed by atoms with Gasteiger partial charge < -0.3 is 20.6 Å². The maximum atomic E-state index is 13.0. The van der Waals surface area contributed by atoms with E-state index in [0.717, 1.165) is 22.6 Å². The van der Waals surface area contributed by atoms with Crippen molar-refractivity contribution in [3.8, 4) is 0 Å². The highest BCUT2D eigenvalue weighted by molar-refractivity contribution is 8.08. The number of carbonyl (C=O) groups excluding carboxylic acids is 3. The lowest BCUT2D eigenvalue weighted by molar-refractivity contribution is -0.150. The number of rotatable bonds is 11. The molecule has 0 aromatic carbocycles. The molecule has 0 radical (unpaired) electrons. The van der Waals surface area contributed by atoms with Gasteiger partial charge in [-0.2, -0.15) is 0 Å². The van der Waals surface area contributed by atoms with Crippen LogP contribution in [0.4, 0.5) is 5.13 Å². The van der Waals surface area contributed by atoms with Gasteiger partial charge in [-0.15, -0.1) is 23.1 Å². The van der Waals surface area contributed by atoms with E-state index in [-0.39, 0.29) is 28.8 Å². The molecule has 1 fully saturated rings. The Hall–Kier alpha value is -3.69. The normalized spacial score (nSPS) is 19.2. The van der Waals surface area contributed by atoms with Gasteiger partial charge in [-0.05, 0) is 37.0 Å². The number of hydrogen-bond donors (Lipinski definition) is 3. The van der Waals surface area contributed by atoms with Gasteiger partial charge in [0.2, 0.25) is 6.41 Å². The van der Waals surface area contributed by atoms with Crippen LogP contribution in [-0.4, -0.2) is 73.7 Å². The maximum absolute atomic E-state index is 13.0. The minimum absolute atomic E-state index is 0.104. The smallest absolute Gasteiger partial charge is 0.353 e. The first kappa shape index (κ1) is 27.3. The predicted molar refractivity (Wildman–Crippen MR) is 145 cm³/mol. The molecule has 1 saturated heterocycles. The van der Waals surface area contributed by atoms with Crippen molar-refractivity contribution in [2.24, 2.45) is 5.16 Å². The van der Waals surface area contributed by atoms with Crippen LogP contribution in [0, 0.1) is 6.92 Å². The second kappa shape index (κ2) is 12.2. The van der Waals surface area contributed by atoms with Crippen molar-refractivity contribution >= 4 is 76.0 Å². The summed E-state index contributed by atoms with van der Waals surface area (Å²) in [5.74, 6) is -2.14. The number of β-lactam (4-membered cyclic amide) rings is 1. The molecule has 38 heavy (non-hydrogen) atoms. The summed E-state index contributed by atoms with van der Waals surface area (Å²) in [4.78, 5) is 63.9. The summed E-state index contributed by atoms with van der Waals surface area (Å²) < 4.78 is 0. The summed E-state index contributed by atoms with van der Waals surface area (Å²) in [5, 5.41) is 21.7. The first-order chi connectivity index (χ1) is 18.3. The number of carbonyl (C=O) groups is 4. The molecule has 12 nitrogen and oxygen atoms in total. The second-order valence-electron chi connectivity index (χ2n) is 7.75. The number of carboxylic acids is 1. The van der Waals surface area contributed by atoms with Gasteiger partial charge in [-0.25, -0.2) is 9.78 Å². The van der Waals surface area contributed by atoms with Crippen LogP contribution in [0.1, 0.15) is 23.9 Å². The summed E-state index contributed by atoms with van der Waals surface area (Å²) in [6, 6.07) is 2.82. The predicted octanol–water partition coefficient (Wildman–Crippen LogP) is 2.26. The van der Waals surface area contributed by atoms with Crippen molar-refractivity contribution in [3.63, 3.8) is 0 Å². The molecule has 0 aliphatic carbocycles. The minimum atomic E-state index is -1.22. The lowest BCUT2D eigenvalue weighted by Crippen LogP contribution is -2.71. The largest absolute Gasteiger partial charge is 0.477 e.